The lowest BCUT2D eigenvalue weighted by Crippen LogP contribution is -2.37. The first-order chi connectivity index (χ1) is 46.0. The fourth-order valence-corrected chi connectivity index (χ4v) is 12.8. The molecule has 0 aromatic carbocycles. The molecule has 0 aromatic heterocycles. The van der Waals surface area contributed by atoms with Crippen LogP contribution in [-0.4, -0.2) is 74.9 Å². The van der Waals surface area contributed by atoms with Crippen LogP contribution in [0.1, 0.15) is 399 Å². The predicted octanol–water partition coefficient (Wildman–Crippen LogP) is 27.1. The van der Waals surface area contributed by atoms with Crippen LogP contribution in [0.2, 0.25) is 0 Å². The third-order valence-electron chi connectivity index (χ3n) is 18.2. The van der Waals surface area contributed by atoms with Gasteiger partial charge in [-0.2, -0.15) is 0 Å². The predicted molar refractivity (Wildman–Crippen MR) is 409 cm³/mol. The summed E-state index contributed by atoms with van der Waals surface area (Å²) in [6, 6.07) is 0. The molecule has 0 spiro atoms. The minimum absolute atomic E-state index is 0.0328. The summed E-state index contributed by atoms with van der Waals surface area (Å²) in [6.07, 6.45) is 102. The summed E-state index contributed by atoms with van der Waals surface area (Å²) < 4.78 is 34.8. The Balaban J connectivity index is 3.88. The van der Waals surface area contributed by atoms with Gasteiger partial charge < -0.3 is 18.9 Å². The van der Waals surface area contributed by atoms with Crippen molar-refractivity contribution in [2.45, 2.75) is 405 Å². The molecule has 2 unspecified atom stereocenters. The number of carbonyl (C=O) groups excluding carboxylic acids is 2. The van der Waals surface area contributed by atoms with Gasteiger partial charge in [-0.1, -0.05) is 376 Å². The number of allylic oxidation sites excluding steroid dienone is 12. The second kappa shape index (κ2) is 74.7. The van der Waals surface area contributed by atoms with Gasteiger partial charge in [0.2, 0.25) is 0 Å². The van der Waals surface area contributed by atoms with Crippen LogP contribution >= 0.6 is 7.82 Å². The number of esters is 2. The Labute approximate surface area is 584 Å². The molecule has 0 heterocycles. The van der Waals surface area contributed by atoms with Crippen LogP contribution < -0.4 is 0 Å². The van der Waals surface area contributed by atoms with E-state index in [9.17, 15) is 19.0 Å². The lowest BCUT2D eigenvalue weighted by molar-refractivity contribution is -0.870. The smallest absolute Gasteiger partial charge is 0.462 e. The lowest BCUT2D eigenvalue weighted by Gasteiger charge is -2.24. The monoisotopic (exact) mass is 1340 g/mol. The van der Waals surface area contributed by atoms with E-state index in [-0.39, 0.29) is 25.6 Å². The van der Waals surface area contributed by atoms with Gasteiger partial charge >= 0.3 is 19.8 Å². The van der Waals surface area contributed by atoms with Gasteiger partial charge in [-0.25, -0.2) is 4.57 Å². The summed E-state index contributed by atoms with van der Waals surface area (Å²) >= 11 is 0. The molecule has 0 fully saturated rings. The quantitative estimate of drug-likeness (QED) is 0.0211. The highest BCUT2D eigenvalue weighted by Gasteiger charge is 2.27. The fraction of sp³-hybridized carbons (Fsp3) is 0.833. The van der Waals surface area contributed by atoms with Crippen molar-refractivity contribution in [2.24, 2.45) is 0 Å². The molecule has 0 radical (unpaired) electrons. The average molecular weight is 1340 g/mol. The molecule has 9 nitrogen and oxygen atoms in total. The molecule has 550 valence electrons. The number of hydrogen-bond donors (Lipinski definition) is 1. The number of quaternary nitrogens is 1. The number of hydrogen-bond acceptors (Lipinski definition) is 7. The van der Waals surface area contributed by atoms with Crippen LogP contribution in [0.15, 0.2) is 72.9 Å². The number of rotatable bonds is 76. The van der Waals surface area contributed by atoms with Gasteiger partial charge in [0, 0.05) is 12.8 Å². The standard InChI is InChI=1S/C84H156NO8P/c1-6-8-10-12-14-16-18-20-22-24-26-28-30-32-34-36-37-38-39-40-41-42-43-44-45-46-47-49-50-52-54-56-58-60-62-64-66-68-70-72-74-76-83(86)90-80-82(81-92-94(88,89)91-79-78-85(3,4)5)93-84(87)77-75-73-71-69-67-65-63-61-59-57-55-53-51-48-35-33-31-29-27-25-23-21-19-17-15-13-11-9-7-2/h9,11,15,17-18,20-21,23-24,26-27,29,82H,6-8,10,12-14,16,19,22,25,28,30-81H2,1-5H3/p+1/b11-9-,17-15-,20-18-,23-21-,26-24-,29-27-. The molecule has 94 heavy (non-hydrogen) atoms. The second-order valence-corrected chi connectivity index (χ2v) is 30.2. The molecule has 0 bridgehead atoms. The van der Waals surface area contributed by atoms with Crippen molar-refractivity contribution in [1.29, 1.82) is 0 Å². The summed E-state index contributed by atoms with van der Waals surface area (Å²) in [6.45, 7) is 4.37. The summed E-state index contributed by atoms with van der Waals surface area (Å²) in [7, 11) is 1.49. The van der Waals surface area contributed by atoms with Gasteiger partial charge in [0.15, 0.2) is 6.10 Å². The van der Waals surface area contributed by atoms with E-state index in [1.807, 2.05) is 21.1 Å². The second-order valence-electron chi connectivity index (χ2n) is 28.8. The first-order valence-electron chi connectivity index (χ1n) is 40.7. The number of phosphoric ester groups is 1. The molecule has 0 aliphatic heterocycles. The molecule has 0 aliphatic carbocycles. The van der Waals surface area contributed by atoms with Crippen LogP contribution in [0, 0.1) is 0 Å². The van der Waals surface area contributed by atoms with E-state index in [2.05, 4.69) is 86.8 Å². The van der Waals surface area contributed by atoms with Crippen molar-refractivity contribution < 1.29 is 42.1 Å². The minimum Gasteiger partial charge on any atom is -0.462 e. The minimum atomic E-state index is -4.40. The van der Waals surface area contributed by atoms with Gasteiger partial charge in [0.1, 0.15) is 19.8 Å². The summed E-state index contributed by atoms with van der Waals surface area (Å²) in [5, 5.41) is 0. The highest BCUT2D eigenvalue weighted by atomic mass is 31.2. The number of likely N-dealkylation sites (N-methyl/N-ethyl adjacent to an activating group) is 1. The Bertz CT molecular complexity index is 1820. The number of ether oxygens (including phenoxy) is 2. The highest BCUT2D eigenvalue weighted by molar-refractivity contribution is 7.47. The first kappa shape index (κ1) is 91.4. The van der Waals surface area contributed by atoms with E-state index in [1.54, 1.807) is 0 Å². The van der Waals surface area contributed by atoms with E-state index in [4.69, 9.17) is 18.5 Å². The molecule has 2 atom stereocenters. The number of carbonyl (C=O) groups is 2. The Morgan fingerprint density at radius 1 is 0.340 bits per heavy atom. The van der Waals surface area contributed by atoms with Crippen molar-refractivity contribution in [2.75, 3.05) is 47.5 Å². The van der Waals surface area contributed by atoms with Crippen LogP contribution in [0.3, 0.4) is 0 Å². The molecule has 0 saturated carbocycles. The molecular weight excluding hydrogens is 1180 g/mol. The highest BCUT2D eigenvalue weighted by Crippen LogP contribution is 2.43. The number of nitrogens with zero attached hydrogens (tertiary/aromatic N) is 1. The largest absolute Gasteiger partial charge is 0.472 e. The van der Waals surface area contributed by atoms with Crippen molar-refractivity contribution >= 4 is 19.8 Å². The fourth-order valence-electron chi connectivity index (χ4n) is 12.0. The SMILES string of the molecule is CC/C=C\C/C=C\C/C=C\C/C=C\CCCCCCCCCCCCCCCCCCC(=O)OC(COC(=O)CCCCCCCCCCCCCCCCCCCCCCCCCCCCCCC/C=C\C/C=C\CCCCCCC)COP(=O)(O)OCC[N+](C)(C)C. The summed E-state index contributed by atoms with van der Waals surface area (Å²) in [4.78, 5) is 36.0. The Hall–Kier alpha value is -2.55. The van der Waals surface area contributed by atoms with E-state index < -0.39 is 26.5 Å². The lowest BCUT2D eigenvalue weighted by atomic mass is 10.0. The molecular formula is C84H157NO8P+. The molecule has 1 N–H and O–H groups in total. The zero-order chi connectivity index (χ0) is 68.3. The number of unbranched alkanes of at least 4 members (excludes halogenated alkanes) is 50. The maximum Gasteiger partial charge on any atom is 0.472 e. The summed E-state index contributed by atoms with van der Waals surface area (Å²) in [5.41, 5.74) is 0. The Morgan fingerprint density at radius 3 is 0.904 bits per heavy atom. The van der Waals surface area contributed by atoms with Gasteiger partial charge in [-0.05, 0) is 83.5 Å². The van der Waals surface area contributed by atoms with E-state index in [0.717, 1.165) is 64.2 Å². The third-order valence-corrected chi connectivity index (χ3v) is 19.2. The van der Waals surface area contributed by atoms with E-state index in [1.165, 1.54) is 302 Å². The van der Waals surface area contributed by atoms with Crippen molar-refractivity contribution in [3.05, 3.63) is 72.9 Å². The van der Waals surface area contributed by atoms with E-state index in [0.29, 0.717) is 23.9 Å². The molecule has 10 heteroatoms. The van der Waals surface area contributed by atoms with Gasteiger partial charge in [-0.15, -0.1) is 0 Å². The van der Waals surface area contributed by atoms with Gasteiger partial charge in [-0.3, -0.25) is 18.6 Å². The molecule has 0 aromatic rings. The Kier molecular flexibility index (Phi) is 72.6. The van der Waals surface area contributed by atoms with Crippen molar-refractivity contribution in [3.63, 3.8) is 0 Å². The first-order valence-corrected chi connectivity index (χ1v) is 42.2. The number of phosphoric acid groups is 1. The average Bonchev–Trinajstić information content (AvgIpc) is 1.65. The third kappa shape index (κ3) is 78.4. The van der Waals surface area contributed by atoms with Gasteiger partial charge in [0.05, 0.1) is 27.7 Å². The van der Waals surface area contributed by atoms with Gasteiger partial charge in [0.25, 0.3) is 0 Å². The topological polar surface area (TPSA) is 108 Å². The maximum atomic E-state index is 12.9. The van der Waals surface area contributed by atoms with Crippen molar-refractivity contribution in [1.82, 2.24) is 0 Å². The Morgan fingerprint density at radius 2 is 0.606 bits per heavy atom. The zero-order valence-electron chi connectivity index (χ0n) is 63.0. The van der Waals surface area contributed by atoms with Crippen molar-refractivity contribution in [3.8, 4) is 0 Å². The van der Waals surface area contributed by atoms with E-state index >= 15 is 0 Å². The molecule has 0 aliphatic rings. The van der Waals surface area contributed by atoms with Crippen LogP contribution in [0.5, 0.6) is 0 Å². The normalized spacial score (nSPS) is 13.4. The molecule has 0 amide bonds. The molecule has 0 rings (SSSR count). The van der Waals surface area contributed by atoms with Crippen LogP contribution in [0.4, 0.5) is 0 Å². The van der Waals surface area contributed by atoms with Crippen LogP contribution in [0.25, 0.3) is 0 Å². The van der Waals surface area contributed by atoms with Crippen LogP contribution in [-0.2, 0) is 32.7 Å². The molecule has 0 saturated heterocycles. The summed E-state index contributed by atoms with van der Waals surface area (Å²) in [5.74, 6) is -0.778. The maximum absolute atomic E-state index is 12.9. The zero-order valence-corrected chi connectivity index (χ0v) is 63.9.